The largest absolute Gasteiger partial charge is 0.480 e. The SMILES string of the molecule is Cc1ccc(S(=O)(=O)NC(C(=O)O)c2cccs2)cc1F. The minimum absolute atomic E-state index is 0.307. The summed E-state index contributed by atoms with van der Waals surface area (Å²) in [7, 11) is -4.13. The van der Waals surface area contributed by atoms with Crippen molar-refractivity contribution in [3.63, 3.8) is 0 Å². The highest BCUT2D eigenvalue weighted by molar-refractivity contribution is 7.89. The van der Waals surface area contributed by atoms with Crippen molar-refractivity contribution in [2.45, 2.75) is 17.9 Å². The molecule has 5 nitrogen and oxygen atoms in total. The van der Waals surface area contributed by atoms with Crippen LogP contribution in [-0.2, 0) is 14.8 Å². The first-order valence-electron chi connectivity index (χ1n) is 5.86. The summed E-state index contributed by atoms with van der Waals surface area (Å²) in [6, 6.07) is 5.15. The van der Waals surface area contributed by atoms with Gasteiger partial charge >= 0.3 is 5.97 Å². The number of carbonyl (C=O) groups is 1. The zero-order valence-corrected chi connectivity index (χ0v) is 12.5. The lowest BCUT2D eigenvalue weighted by molar-refractivity contribution is -0.139. The van der Waals surface area contributed by atoms with Gasteiger partial charge in [-0.3, -0.25) is 4.79 Å². The molecule has 0 amide bonds. The fourth-order valence-corrected chi connectivity index (χ4v) is 3.67. The number of carboxylic acids is 1. The summed E-state index contributed by atoms with van der Waals surface area (Å²) in [4.78, 5) is 11.3. The van der Waals surface area contributed by atoms with Crippen molar-refractivity contribution in [2.24, 2.45) is 0 Å². The molecule has 1 atom stereocenters. The van der Waals surface area contributed by atoms with Crippen LogP contribution in [0.4, 0.5) is 4.39 Å². The molecule has 0 saturated heterocycles. The van der Waals surface area contributed by atoms with Crippen molar-refractivity contribution in [3.05, 3.63) is 52.0 Å². The summed E-state index contributed by atoms with van der Waals surface area (Å²) in [6.07, 6.45) is 0. The van der Waals surface area contributed by atoms with E-state index in [1.54, 1.807) is 11.4 Å². The zero-order chi connectivity index (χ0) is 15.6. The molecule has 0 fully saturated rings. The average Bonchev–Trinajstić information content (AvgIpc) is 2.92. The van der Waals surface area contributed by atoms with E-state index in [9.17, 15) is 17.6 Å². The summed E-state index contributed by atoms with van der Waals surface area (Å²) in [5.74, 6) is -1.99. The lowest BCUT2D eigenvalue weighted by Gasteiger charge is -2.13. The van der Waals surface area contributed by atoms with Crippen LogP contribution < -0.4 is 4.72 Å². The second kappa shape index (κ2) is 5.92. The Hall–Kier alpha value is -1.77. The van der Waals surface area contributed by atoms with Gasteiger partial charge in [0.25, 0.3) is 0 Å². The third kappa shape index (κ3) is 3.46. The van der Waals surface area contributed by atoms with E-state index in [4.69, 9.17) is 5.11 Å². The maximum absolute atomic E-state index is 13.5. The van der Waals surface area contributed by atoms with E-state index in [0.29, 0.717) is 10.4 Å². The molecule has 1 unspecified atom stereocenters. The Morgan fingerprint density at radius 1 is 1.38 bits per heavy atom. The van der Waals surface area contributed by atoms with Crippen molar-refractivity contribution in [1.29, 1.82) is 0 Å². The molecular formula is C13H12FNO4S2. The van der Waals surface area contributed by atoms with Gasteiger partial charge < -0.3 is 5.11 Å². The highest BCUT2D eigenvalue weighted by Gasteiger charge is 2.28. The molecule has 0 radical (unpaired) electrons. The van der Waals surface area contributed by atoms with Gasteiger partial charge in [0, 0.05) is 4.88 Å². The predicted molar refractivity (Wildman–Crippen MR) is 76.2 cm³/mol. The Bertz CT molecular complexity index is 756. The van der Waals surface area contributed by atoms with Gasteiger partial charge in [0.05, 0.1) is 4.90 Å². The van der Waals surface area contributed by atoms with Crippen LogP contribution >= 0.6 is 11.3 Å². The van der Waals surface area contributed by atoms with Crippen molar-refractivity contribution < 1.29 is 22.7 Å². The van der Waals surface area contributed by atoms with Crippen LogP contribution in [0.2, 0.25) is 0 Å². The summed E-state index contributed by atoms with van der Waals surface area (Å²) in [5.41, 5.74) is 0.307. The monoisotopic (exact) mass is 329 g/mol. The number of aliphatic carboxylic acids is 1. The molecule has 1 heterocycles. The van der Waals surface area contributed by atoms with E-state index in [2.05, 4.69) is 4.72 Å². The number of sulfonamides is 1. The normalized spacial score (nSPS) is 13.0. The number of carboxylic acid groups (broad SMARTS) is 1. The van der Waals surface area contributed by atoms with Gasteiger partial charge in [0.2, 0.25) is 10.0 Å². The van der Waals surface area contributed by atoms with Gasteiger partial charge in [0.1, 0.15) is 5.82 Å². The van der Waals surface area contributed by atoms with Crippen molar-refractivity contribution in [3.8, 4) is 0 Å². The van der Waals surface area contributed by atoms with E-state index in [1.165, 1.54) is 25.1 Å². The van der Waals surface area contributed by atoms with Crippen LogP contribution in [0, 0.1) is 12.7 Å². The summed E-state index contributed by atoms with van der Waals surface area (Å²) < 4.78 is 39.9. The van der Waals surface area contributed by atoms with Crippen LogP contribution in [0.5, 0.6) is 0 Å². The number of rotatable bonds is 5. The molecule has 0 bridgehead atoms. The maximum atomic E-state index is 13.5. The van der Waals surface area contributed by atoms with Gasteiger partial charge in [-0.25, -0.2) is 12.8 Å². The minimum atomic E-state index is -4.13. The molecule has 0 aliphatic heterocycles. The minimum Gasteiger partial charge on any atom is -0.480 e. The van der Waals surface area contributed by atoms with Crippen LogP contribution in [0.3, 0.4) is 0 Å². The predicted octanol–water partition coefficient (Wildman–Crippen LogP) is 2.30. The van der Waals surface area contributed by atoms with Crippen LogP contribution in [0.15, 0.2) is 40.6 Å². The van der Waals surface area contributed by atoms with Crippen LogP contribution in [0.25, 0.3) is 0 Å². The molecule has 2 N–H and O–H groups in total. The second-order valence-corrected chi connectivity index (χ2v) is 7.01. The second-order valence-electron chi connectivity index (χ2n) is 4.32. The van der Waals surface area contributed by atoms with Gasteiger partial charge in [-0.2, -0.15) is 4.72 Å². The highest BCUT2D eigenvalue weighted by Crippen LogP contribution is 2.22. The van der Waals surface area contributed by atoms with Gasteiger partial charge in [-0.1, -0.05) is 12.1 Å². The lowest BCUT2D eigenvalue weighted by Crippen LogP contribution is -2.33. The molecular weight excluding hydrogens is 317 g/mol. The average molecular weight is 329 g/mol. The number of hydrogen-bond acceptors (Lipinski definition) is 4. The van der Waals surface area contributed by atoms with E-state index >= 15 is 0 Å². The summed E-state index contributed by atoms with van der Waals surface area (Å²) >= 11 is 1.12. The van der Waals surface area contributed by atoms with Crippen molar-refractivity contribution in [2.75, 3.05) is 0 Å². The summed E-state index contributed by atoms with van der Waals surface area (Å²) in [6.45, 7) is 1.50. The first-order valence-corrected chi connectivity index (χ1v) is 8.22. The molecule has 0 saturated carbocycles. The molecule has 0 aliphatic rings. The topological polar surface area (TPSA) is 83.5 Å². The lowest BCUT2D eigenvalue weighted by atomic mass is 10.2. The smallest absolute Gasteiger partial charge is 0.327 e. The molecule has 2 rings (SSSR count). The number of nitrogens with one attached hydrogen (secondary N) is 1. The van der Waals surface area contributed by atoms with E-state index in [-0.39, 0.29) is 4.90 Å². The molecule has 8 heteroatoms. The van der Waals surface area contributed by atoms with Crippen LogP contribution in [0.1, 0.15) is 16.5 Å². The fraction of sp³-hybridized carbons (Fsp3) is 0.154. The molecule has 112 valence electrons. The highest BCUT2D eigenvalue weighted by atomic mass is 32.2. The molecule has 2 aromatic rings. The van der Waals surface area contributed by atoms with E-state index < -0.39 is 27.9 Å². The third-order valence-corrected chi connectivity index (χ3v) is 5.16. The number of benzene rings is 1. The quantitative estimate of drug-likeness (QED) is 0.881. The Kier molecular flexibility index (Phi) is 4.40. The molecule has 1 aromatic carbocycles. The van der Waals surface area contributed by atoms with Gasteiger partial charge in [0.15, 0.2) is 6.04 Å². The zero-order valence-electron chi connectivity index (χ0n) is 10.9. The number of hydrogen-bond donors (Lipinski definition) is 2. The van der Waals surface area contributed by atoms with Gasteiger partial charge in [-0.15, -0.1) is 11.3 Å². The molecule has 1 aromatic heterocycles. The van der Waals surface area contributed by atoms with E-state index in [0.717, 1.165) is 17.4 Å². The van der Waals surface area contributed by atoms with Crippen molar-refractivity contribution >= 4 is 27.3 Å². The number of aryl methyl sites for hydroxylation is 1. The third-order valence-electron chi connectivity index (χ3n) is 2.80. The Balaban J connectivity index is 2.35. The molecule has 21 heavy (non-hydrogen) atoms. The first kappa shape index (κ1) is 15.6. The molecule has 0 aliphatic carbocycles. The molecule has 0 spiro atoms. The maximum Gasteiger partial charge on any atom is 0.327 e. The van der Waals surface area contributed by atoms with Crippen LogP contribution in [-0.4, -0.2) is 19.5 Å². The number of thiophene rings is 1. The standard InChI is InChI=1S/C13H12FNO4S2/c1-8-4-5-9(7-10(8)14)21(18,19)15-12(13(16)17)11-3-2-6-20-11/h2-7,12,15H,1H3,(H,16,17). The van der Waals surface area contributed by atoms with E-state index in [1.807, 2.05) is 0 Å². The Morgan fingerprint density at radius 3 is 2.62 bits per heavy atom. The fourth-order valence-electron chi connectivity index (χ4n) is 1.65. The Labute approximate surface area is 125 Å². The summed E-state index contributed by atoms with van der Waals surface area (Å²) in [5, 5.41) is 10.8. The first-order chi connectivity index (χ1) is 9.81. The Morgan fingerprint density at radius 2 is 2.10 bits per heavy atom. The van der Waals surface area contributed by atoms with Crippen molar-refractivity contribution in [1.82, 2.24) is 4.72 Å². The van der Waals surface area contributed by atoms with Gasteiger partial charge in [-0.05, 0) is 36.1 Å². The number of halogens is 1.